The molecule has 0 aromatic carbocycles. The average Bonchev–Trinajstić information content (AvgIpc) is 2.86. The van der Waals surface area contributed by atoms with Crippen LogP contribution in [0.4, 0.5) is 5.82 Å². The topological polar surface area (TPSA) is 89.8 Å². The first-order valence-electron chi connectivity index (χ1n) is 7.17. The van der Waals surface area contributed by atoms with E-state index < -0.39 is 5.97 Å². The van der Waals surface area contributed by atoms with Crippen molar-refractivity contribution in [2.24, 2.45) is 0 Å². The predicted octanol–water partition coefficient (Wildman–Crippen LogP) is 0.812. The highest BCUT2D eigenvalue weighted by molar-refractivity contribution is 7.20. The SMILES string of the molecule is Cc1c(C(=O)O)sc2ncnc(N3CCN(CCO)CC3)c12. The normalized spacial score (nSPS) is 16.4. The van der Waals surface area contributed by atoms with Crippen LogP contribution in [0.1, 0.15) is 15.2 Å². The molecular formula is C14H18N4O3S. The number of aromatic carboxylic acids is 1. The molecular weight excluding hydrogens is 304 g/mol. The third-order valence-electron chi connectivity index (χ3n) is 3.99. The molecule has 8 heteroatoms. The van der Waals surface area contributed by atoms with E-state index in [1.54, 1.807) is 0 Å². The van der Waals surface area contributed by atoms with Gasteiger partial charge in [-0.05, 0) is 12.5 Å². The number of aryl methyl sites for hydroxylation is 1. The molecule has 1 fully saturated rings. The molecule has 0 saturated carbocycles. The molecule has 3 heterocycles. The van der Waals surface area contributed by atoms with Gasteiger partial charge in [-0.2, -0.15) is 0 Å². The van der Waals surface area contributed by atoms with Crippen LogP contribution in [0.5, 0.6) is 0 Å². The van der Waals surface area contributed by atoms with Crippen molar-refractivity contribution in [3.8, 4) is 0 Å². The summed E-state index contributed by atoms with van der Waals surface area (Å²) >= 11 is 1.20. The number of rotatable bonds is 4. The molecule has 22 heavy (non-hydrogen) atoms. The van der Waals surface area contributed by atoms with E-state index in [0.29, 0.717) is 11.4 Å². The van der Waals surface area contributed by atoms with Gasteiger partial charge in [-0.1, -0.05) is 0 Å². The van der Waals surface area contributed by atoms with Crippen molar-refractivity contribution in [1.29, 1.82) is 0 Å². The van der Waals surface area contributed by atoms with Crippen LogP contribution >= 0.6 is 11.3 Å². The first-order valence-corrected chi connectivity index (χ1v) is 7.99. The van der Waals surface area contributed by atoms with Crippen molar-refractivity contribution in [1.82, 2.24) is 14.9 Å². The molecule has 2 N–H and O–H groups in total. The quantitative estimate of drug-likeness (QED) is 0.861. The van der Waals surface area contributed by atoms with Crippen LogP contribution in [0.3, 0.4) is 0 Å². The van der Waals surface area contributed by atoms with E-state index in [1.165, 1.54) is 17.7 Å². The van der Waals surface area contributed by atoms with Crippen molar-refractivity contribution in [3.63, 3.8) is 0 Å². The van der Waals surface area contributed by atoms with Crippen LogP contribution in [0.15, 0.2) is 6.33 Å². The molecule has 0 aliphatic carbocycles. The Balaban J connectivity index is 1.93. The summed E-state index contributed by atoms with van der Waals surface area (Å²) in [7, 11) is 0. The molecule has 0 radical (unpaired) electrons. The lowest BCUT2D eigenvalue weighted by Crippen LogP contribution is -2.47. The molecule has 0 amide bonds. The summed E-state index contributed by atoms with van der Waals surface area (Å²) in [4.78, 5) is 25.4. The molecule has 2 aromatic rings. The number of anilines is 1. The van der Waals surface area contributed by atoms with Crippen LogP contribution in [-0.4, -0.2) is 70.4 Å². The van der Waals surface area contributed by atoms with Crippen molar-refractivity contribution in [2.45, 2.75) is 6.92 Å². The van der Waals surface area contributed by atoms with Gasteiger partial charge in [0.25, 0.3) is 0 Å². The van der Waals surface area contributed by atoms with Gasteiger partial charge in [0.05, 0.1) is 12.0 Å². The fourth-order valence-electron chi connectivity index (χ4n) is 2.82. The highest BCUT2D eigenvalue weighted by Gasteiger charge is 2.24. The van der Waals surface area contributed by atoms with Gasteiger partial charge in [-0.25, -0.2) is 14.8 Å². The molecule has 1 aliphatic rings. The van der Waals surface area contributed by atoms with E-state index in [-0.39, 0.29) is 6.61 Å². The minimum atomic E-state index is -0.917. The van der Waals surface area contributed by atoms with E-state index in [1.807, 2.05) is 6.92 Å². The Morgan fingerprint density at radius 1 is 1.32 bits per heavy atom. The Hall–Kier alpha value is -1.77. The van der Waals surface area contributed by atoms with E-state index in [2.05, 4.69) is 19.8 Å². The molecule has 0 atom stereocenters. The summed E-state index contributed by atoms with van der Waals surface area (Å²) < 4.78 is 0. The van der Waals surface area contributed by atoms with Crippen molar-refractivity contribution >= 4 is 33.3 Å². The number of nitrogens with zero attached hydrogens (tertiary/aromatic N) is 4. The number of carbonyl (C=O) groups is 1. The fraction of sp³-hybridized carbons (Fsp3) is 0.500. The minimum absolute atomic E-state index is 0.170. The standard InChI is InChI=1S/C14H18N4O3S/c1-9-10-12(18-4-2-17(3-5-18)6-7-19)15-8-16-13(10)22-11(9)14(20)21/h8,19H,2-7H2,1H3,(H,20,21). The van der Waals surface area contributed by atoms with Gasteiger partial charge >= 0.3 is 5.97 Å². The van der Waals surface area contributed by atoms with E-state index in [0.717, 1.165) is 47.8 Å². The smallest absolute Gasteiger partial charge is 0.346 e. The van der Waals surface area contributed by atoms with Gasteiger partial charge < -0.3 is 15.1 Å². The van der Waals surface area contributed by atoms with E-state index >= 15 is 0 Å². The molecule has 118 valence electrons. The number of hydrogen-bond donors (Lipinski definition) is 2. The molecule has 7 nitrogen and oxygen atoms in total. The summed E-state index contributed by atoms with van der Waals surface area (Å²) in [5, 5.41) is 19.1. The number of piperazine rings is 1. The Kier molecular flexibility index (Phi) is 4.23. The molecule has 3 rings (SSSR count). The number of carboxylic acids is 1. The number of carboxylic acid groups (broad SMARTS) is 1. The maximum Gasteiger partial charge on any atom is 0.346 e. The Bertz CT molecular complexity index is 695. The zero-order valence-corrected chi connectivity index (χ0v) is 13.1. The second kappa shape index (κ2) is 6.15. The van der Waals surface area contributed by atoms with Crippen LogP contribution in [0.25, 0.3) is 10.2 Å². The number of aliphatic hydroxyl groups is 1. The highest BCUT2D eigenvalue weighted by atomic mass is 32.1. The summed E-state index contributed by atoms with van der Waals surface area (Å²) in [6.45, 7) is 6.02. The first-order chi connectivity index (χ1) is 10.6. The van der Waals surface area contributed by atoms with E-state index in [4.69, 9.17) is 5.11 Å². The Morgan fingerprint density at radius 2 is 2.05 bits per heavy atom. The second-order valence-corrected chi connectivity index (χ2v) is 6.29. The maximum atomic E-state index is 11.3. The lowest BCUT2D eigenvalue weighted by molar-refractivity contribution is 0.0701. The molecule has 2 aromatic heterocycles. The lowest BCUT2D eigenvalue weighted by Gasteiger charge is -2.35. The van der Waals surface area contributed by atoms with Gasteiger partial charge in [0.2, 0.25) is 0 Å². The zero-order valence-electron chi connectivity index (χ0n) is 12.3. The number of β-amino-alcohol motifs (C(OH)–C–C–N with tert-alkyl or cyclic N) is 1. The molecule has 1 saturated heterocycles. The average molecular weight is 322 g/mol. The third-order valence-corrected chi connectivity index (χ3v) is 5.18. The van der Waals surface area contributed by atoms with E-state index in [9.17, 15) is 9.90 Å². The lowest BCUT2D eigenvalue weighted by atomic mass is 10.2. The van der Waals surface area contributed by atoms with Gasteiger partial charge in [-0.15, -0.1) is 11.3 Å². The highest BCUT2D eigenvalue weighted by Crippen LogP contribution is 2.35. The molecule has 0 unspecified atom stereocenters. The molecule has 0 bridgehead atoms. The van der Waals surface area contributed by atoms with Gasteiger partial charge in [0.15, 0.2) is 0 Å². The monoisotopic (exact) mass is 322 g/mol. The molecule has 0 spiro atoms. The van der Waals surface area contributed by atoms with Crippen LogP contribution in [0, 0.1) is 6.92 Å². The number of hydrogen-bond acceptors (Lipinski definition) is 7. The van der Waals surface area contributed by atoms with Crippen molar-refractivity contribution in [2.75, 3.05) is 44.2 Å². The number of thiophene rings is 1. The summed E-state index contributed by atoms with van der Waals surface area (Å²) in [5.74, 6) is -0.103. The Labute approximate surface area is 131 Å². The minimum Gasteiger partial charge on any atom is -0.477 e. The number of fused-ring (bicyclic) bond motifs is 1. The van der Waals surface area contributed by atoms with Gasteiger partial charge in [0, 0.05) is 32.7 Å². The van der Waals surface area contributed by atoms with Gasteiger partial charge in [0.1, 0.15) is 21.9 Å². The van der Waals surface area contributed by atoms with Crippen LogP contribution in [0.2, 0.25) is 0 Å². The van der Waals surface area contributed by atoms with Gasteiger partial charge in [-0.3, -0.25) is 4.90 Å². The van der Waals surface area contributed by atoms with Crippen molar-refractivity contribution < 1.29 is 15.0 Å². The second-order valence-electron chi connectivity index (χ2n) is 5.29. The van der Waals surface area contributed by atoms with Crippen LogP contribution in [-0.2, 0) is 0 Å². The first kappa shape index (κ1) is 15.1. The van der Waals surface area contributed by atoms with Crippen molar-refractivity contribution in [3.05, 3.63) is 16.8 Å². The number of aliphatic hydroxyl groups excluding tert-OH is 1. The maximum absolute atomic E-state index is 11.3. The largest absolute Gasteiger partial charge is 0.477 e. The summed E-state index contributed by atoms with van der Waals surface area (Å²) in [5.41, 5.74) is 0.737. The van der Waals surface area contributed by atoms with Crippen LogP contribution < -0.4 is 4.90 Å². The number of aromatic nitrogens is 2. The Morgan fingerprint density at radius 3 is 2.68 bits per heavy atom. The fourth-order valence-corrected chi connectivity index (χ4v) is 3.80. The molecule has 1 aliphatic heterocycles. The summed E-state index contributed by atoms with van der Waals surface area (Å²) in [6, 6.07) is 0. The predicted molar refractivity (Wildman–Crippen MR) is 84.9 cm³/mol. The summed E-state index contributed by atoms with van der Waals surface area (Å²) in [6.07, 6.45) is 1.50. The zero-order chi connectivity index (χ0) is 15.7. The third kappa shape index (κ3) is 2.65.